The molecule has 0 bridgehead atoms. The molecule has 4 aromatic rings. The number of ether oxygens (including phenoxy) is 1. The lowest BCUT2D eigenvalue weighted by Gasteiger charge is -2.22. The summed E-state index contributed by atoms with van der Waals surface area (Å²) in [6.07, 6.45) is 2.81. The number of methoxy groups -OCH3 is 1. The van der Waals surface area contributed by atoms with Crippen molar-refractivity contribution in [3.8, 4) is 17.0 Å². The van der Waals surface area contributed by atoms with Crippen LogP contribution in [0.4, 0.5) is 5.69 Å². The predicted octanol–water partition coefficient (Wildman–Crippen LogP) is 4.66. The summed E-state index contributed by atoms with van der Waals surface area (Å²) in [4.78, 5) is 20.8. The van der Waals surface area contributed by atoms with E-state index in [1.165, 1.54) is 16.9 Å². The van der Waals surface area contributed by atoms with Crippen LogP contribution >= 0.6 is 11.3 Å². The molecule has 2 aromatic heterocycles. The summed E-state index contributed by atoms with van der Waals surface area (Å²) < 4.78 is 7.21. The maximum Gasteiger partial charge on any atom is 0.276 e. The second-order valence-electron chi connectivity index (χ2n) is 6.99. The molecule has 0 radical (unpaired) electrons. The number of carbonyl (C=O) groups excluding carboxylic acids is 1. The van der Waals surface area contributed by atoms with Gasteiger partial charge in [-0.25, -0.2) is 4.98 Å². The van der Waals surface area contributed by atoms with Crippen LogP contribution in [-0.2, 0) is 6.42 Å². The molecule has 6 heteroatoms. The van der Waals surface area contributed by atoms with E-state index in [1.807, 2.05) is 63.3 Å². The number of amides is 1. The van der Waals surface area contributed by atoms with Crippen LogP contribution in [0.2, 0.25) is 0 Å². The highest BCUT2D eigenvalue weighted by molar-refractivity contribution is 7.15. The van der Waals surface area contributed by atoms with Crippen molar-refractivity contribution in [2.75, 3.05) is 12.0 Å². The first-order valence-electron chi connectivity index (χ1n) is 9.18. The summed E-state index contributed by atoms with van der Waals surface area (Å²) in [6.45, 7) is 2.09. The lowest BCUT2D eigenvalue weighted by molar-refractivity contribution is 0.0976. The zero-order valence-corrected chi connectivity index (χ0v) is 16.4. The highest BCUT2D eigenvalue weighted by Gasteiger charge is 2.32. The molecule has 1 amide bonds. The predicted molar refractivity (Wildman–Crippen MR) is 111 cm³/mol. The van der Waals surface area contributed by atoms with Gasteiger partial charge >= 0.3 is 0 Å². The quantitative estimate of drug-likeness (QED) is 0.512. The van der Waals surface area contributed by atoms with Crippen molar-refractivity contribution < 1.29 is 9.53 Å². The zero-order valence-electron chi connectivity index (χ0n) is 15.6. The molecule has 0 fully saturated rings. The molecule has 1 unspecified atom stereocenters. The van der Waals surface area contributed by atoms with Crippen molar-refractivity contribution in [1.82, 2.24) is 9.38 Å². The van der Waals surface area contributed by atoms with Gasteiger partial charge in [-0.3, -0.25) is 9.20 Å². The van der Waals surface area contributed by atoms with Crippen molar-refractivity contribution in [1.29, 1.82) is 0 Å². The third kappa shape index (κ3) is 2.60. The first kappa shape index (κ1) is 17.0. The number of imidazole rings is 1. The number of anilines is 1. The van der Waals surface area contributed by atoms with Gasteiger partial charge in [0.15, 0.2) is 4.96 Å². The SMILES string of the molecule is COc1cccc(-c2cn3c(C(=O)N4c5ccccc5CC4C)csc3n2)c1. The highest BCUT2D eigenvalue weighted by Crippen LogP contribution is 2.34. The summed E-state index contributed by atoms with van der Waals surface area (Å²) in [7, 11) is 1.65. The Hall–Kier alpha value is -3.12. The van der Waals surface area contributed by atoms with E-state index >= 15 is 0 Å². The van der Waals surface area contributed by atoms with Crippen molar-refractivity contribution in [2.24, 2.45) is 0 Å². The van der Waals surface area contributed by atoms with Crippen LogP contribution in [0.3, 0.4) is 0 Å². The molecule has 140 valence electrons. The Kier molecular flexibility index (Phi) is 3.94. The van der Waals surface area contributed by atoms with Gasteiger partial charge in [-0.15, -0.1) is 11.3 Å². The van der Waals surface area contributed by atoms with Crippen LogP contribution < -0.4 is 9.64 Å². The summed E-state index contributed by atoms with van der Waals surface area (Å²) in [5.41, 5.74) is 4.67. The number of nitrogens with zero attached hydrogens (tertiary/aromatic N) is 3. The largest absolute Gasteiger partial charge is 0.497 e. The number of fused-ring (bicyclic) bond motifs is 2. The molecular formula is C22H19N3O2S. The number of benzene rings is 2. The fraction of sp³-hybridized carbons (Fsp3) is 0.182. The maximum atomic E-state index is 13.4. The Labute approximate surface area is 166 Å². The Morgan fingerprint density at radius 2 is 2.07 bits per heavy atom. The van der Waals surface area contributed by atoms with Crippen LogP contribution in [-0.4, -0.2) is 28.4 Å². The van der Waals surface area contributed by atoms with Gasteiger partial charge in [-0.2, -0.15) is 0 Å². The molecule has 2 aromatic carbocycles. The molecule has 0 saturated carbocycles. The number of carbonyl (C=O) groups is 1. The Morgan fingerprint density at radius 3 is 2.93 bits per heavy atom. The van der Waals surface area contributed by atoms with Crippen LogP contribution in [0.15, 0.2) is 60.1 Å². The van der Waals surface area contributed by atoms with E-state index < -0.39 is 0 Å². The van der Waals surface area contributed by atoms with Crippen LogP contribution in [0.25, 0.3) is 16.2 Å². The molecule has 1 atom stereocenters. The molecule has 1 aliphatic rings. The lowest BCUT2D eigenvalue weighted by atomic mass is 10.1. The molecule has 5 rings (SSSR count). The normalized spacial score (nSPS) is 15.8. The van der Waals surface area contributed by atoms with Crippen molar-refractivity contribution in [2.45, 2.75) is 19.4 Å². The second kappa shape index (κ2) is 6.49. The average Bonchev–Trinajstić information content (AvgIpc) is 3.39. The molecule has 5 nitrogen and oxygen atoms in total. The van der Waals surface area contributed by atoms with Crippen LogP contribution in [0, 0.1) is 0 Å². The minimum absolute atomic E-state index is 0.0123. The summed E-state index contributed by atoms with van der Waals surface area (Å²) in [6, 6.07) is 16.1. The monoisotopic (exact) mass is 389 g/mol. The lowest BCUT2D eigenvalue weighted by Crippen LogP contribution is -2.36. The standard InChI is InChI=1S/C22H19N3O2S/c1-14-10-16-6-3-4-9-19(16)25(14)21(26)20-13-28-22-23-18(12-24(20)22)15-7-5-8-17(11-15)27-2/h3-9,11-14H,10H2,1-2H3. The van der Waals surface area contributed by atoms with E-state index in [1.54, 1.807) is 7.11 Å². The van der Waals surface area contributed by atoms with E-state index in [0.29, 0.717) is 5.69 Å². The molecule has 0 aliphatic carbocycles. The maximum absolute atomic E-state index is 13.4. The van der Waals surface area contributed by atoms with Gasteiger partial charge < -0.3 is 9.64 Å². The van der Waals surface area contributed by atoms with E-state index in [0.717, 1.165) is 34.1 Å². The molecule has 0 saturated heterocycles. The molecule has 1 aliphatic heterocycles. The minimum atomic E-state index is 0.0123. The number of aromatic nitrogens is 2. The van der Waals surface area contributed by atoms with Crippen LogP contribution in [0.5, 0.6) is 5.75 Å². The van der Waals surface area contributed by atoms with Gasteiger partial charge in [-0.05, 0) is 37.1 Å². The average molecular weight is 389 g/mol. The van der Waals surface area contributed by atoms with E-state index in [2.05, 4.69) is 13.0 Å². The number of thiazole rings is 1. The highest BCUT2D eigenvalue weighted by atomic mass is 32.1. The Balaban J connectivity index is 1.55. The molecular weight excluding hydrogens is 370 g/mol. The van der Waals surface area contributed by atoms with Gasteiger partial charge in [0.05, 0.1) is 12.8 Å². The fourth-order valence-corrected chi connectivity index (χ4v) is 4.70. The van der Waals surface area contributed by atoms with Gasteiger partial charge in [0.2, 0.25) is 0 Å². The zero-order chi connectivity index (χ0) is 19.3. The first-order chi connectivity index (χ1) is 13.7. The van der Waals surface area contributed by atoms with Gasteiger partial charge in [0.25, 0.3) is 5.91 Å². The van der Waals surface area contributed by atoms with Gasteiger partial charge in [-0.1, -0.05) is 30.3 Å². The third-order valence-electron chi connectivity index (χ3n) is 5.22. The summed E-state index contributed by atoms with van der Waals surface area (Å²) >= 11 is 1.48. The summed E-state index contributed by atoms with van der Waals surface area (Å²) in [5.74, 6) is 0.797. The Morgan fingerprint density at radius 1 is 1.21 bits per heavy atom. The number of para-hydroxylation sites is 1. The van der Waals surface area contributed by atoms with Crippen molar-refractivity contribution in [3.63, 3.8) is 0 Å². The first-order valence-corrected chi connectivity index (χ1v) is 10.1. The van der Waals surface area contributed by atoms with Crippen LogP contribution in [0.1, 0.15) is 23.0 Å². The van der Waals surface area contributed by atoms with E-state index in [4.69, 9.17) is 9.72 Å². The number of hydrogen-bond acceptors (Lipinski definition) is 4. The van der Waals surface area contributed by atoms with E-state index in [9.17, 15) is 4.79 Å². The molecule has 0 N–H and O–H groups in total. The fourth-order valence-electron chi connectivity index (χ4n) is 3.86. The number of hydrogen-bond donors (Lipinski definition) is 0. The molecule has 0 spiro atoms. The Bertz CT molecular complexity index is 1190. The molecule has 3 heterocycles. The second-order valence-corrected chi connectivity index (χ2v) is 7.83. The molecule has 28 heavy (non-hydrogen) atoms. The van der Waals surface area contributed by atoms with Crippen molar-refractivity contribution >= 4 is 27.9 Å². The smallest absolute Gasteiger partial charge is 0.276 e. The minimum Gasteiger partial charge on any atom is -0.497 e. The van der Waals surface area contributed by atoms with E-state index in [-0.39, 0.29) is 11.9 Å². The summed E-state index contributed by atoms with van der Waals surface area (Å²) in [5, 5.41) is 1.90. The van der Waals surface area contributed by atoms with Gasteiger partial charge in [0, 0.05) is 28.9 Å². The number of rotatable bonds is 3. The topological polar surface area (TPSA) is 46.8 Å². The van der Waals surface area contributed by atoms with Gasteiger partial charge in [0.1, 0.15) is 11.4 Å². The third-order valence-corrected chi connectivity index (χ3v) is 6.06. The van der Waals surface area contributed by atoms with Crippen molar-refractivity contribution in [3.05, 3.63) is 71.4 Å².